The maximum absolute atomic E-state index is 4.91. The van der Waals surface area contributed by atoms with Crippen LogP contribution in [0, 0.1) is 0 Å². The fraction of sp³-hybridized carbons (Fsp3) is 0.100. The minimum absolute atomic E-state index is 0. The van der Waals surface area contributed by atoms with E-state index in [9.17, 15) is 0 Å². The lowest BCUT2D eigenvalue weighted by Gasteiger charge is -1.84. The van der Waals surface area contributed by atoms with Gasteiger partial charge in [0.25, 0.3) is 0 Å². The van der Waals surface area contributed by atoms with E-state index >= 15 is 0 Å². The molecule has 2 nitrogen and oxygen atoms in total. The molecule has 1 aromatic rings. The van der Waals surface area contributed by atoms with Crippen molar-refractivity contribution in [3.8, 4) is 0 Å². The van der Waals surface area contributed by atoms with Crippen LogP contribution in [0.2, 0.25) is 0 Å². The van der Waals surface area contributed by atoms with Gasteiger partial charge >= 0.3 is 0 Å². The van der Waals surface area contributed by atoms with Crippen LogP contribution in [0.5, 0.6) is 0 Å². The van der Waals surface area contributed by atoms with Crippen LogP contribution in [-0.2, 0) is 0 Å². The molecule has 1 rings (SSSR count). The molecule has 1 heterocycles. The summed E-state index contributed by atoms with van der Waals surface area (Å²) in [5.74, 6) is 0. The van der Waals surface area contributed by atoms with Crippen LogP contribution >= 0.6 is 12.4 Å². The van der Waals surface area contributed by atoms with Crippen molar-refractivity contribution in [2.24, 2.45) is 5.73 Å². The van der Waals surface area contributed by atoms with E-state index in [2.05, 4.69) is 18.1 Å². The van der Waals surface area contributed by atoms with Crippen molar-refractivity contribution in [3.05, 3.63) is 49.3 Å². The molecule has 1 aromatic heterocycles. The second kappa shape index (κ2) is 10.9. The van der Waals surface area contributed by atoms with E-state index in [1.54, 1.807) is 18.3 Å². The van der Waals surface area contributed by atoms with Gasteiger partial charge in [-0.15, -0.1) is 19.0 Å². The first-order valence-electron chi connectivity index (χ1n) is 3.69. The van der Waals surface area contributed by atoms with Crippen LogP contribution < -0.4 is 5.73 Å². The summed E-state index contributed by atoms with van der Waals surface area (Å²) in [4.78, 5) is 3.98. The van der Waals surface area contributed by atoms with Crippen LogP contribution in [0.3, 0.4) is 0 Å². The van der Waals surface area contributed by atoms with Crippen LogP contribution in [0.1, 0.15) is 5.69 Å². The molecule has 72 valence electrons. The van der Waals surface area contributed by atoms with Crippen molar-refractivity contribution in [2.45, 2.75) is 0 Å². The maximum Gasteiger partial charge on any atom is 0.0623 e. The summed E-state index contributed by atoms with van der Waals surface area (Å²) in [6, 6.07) is 5.73. The summed E-state index contributed by atoms with van der Waals surface area (Å²) in [6.45, 7) is 7.51. The Labute approximate surface area is 85.6 Å². The van der Waals surface area contributed by atoms with Gasteiger partial charge in [-0.1, -0.05) is 18.7 Å². The highest BCUT2D eigenvalue weighted by Gasteiger charge is 1.77. The van der Waals surface area contributed by atoms with Crippen molar-refractivity contribution in [2.75, 3.05) is 6.54 Å². The Morgan fingerprint density at radius 3 is 2.23 bits per heavy atom. The van der Waals surface area contributed by atoms with Crippen molar-refractivity contribution >= 4 is 18.5 Å². The summed E-state index contributed by atoms with van der Waals surface area (Å²) in [5, 5.41) is 0. The number of nitrogens with zero attached hydrogens (tertiary/aromatic N) is 1. The molecule has 0 saturated heterocycles. The molecule has 0 aliphatic heterocycles. The first kappa shape index (κ1) is 14.4. The minimum atomic E-state index is 0. The molecule has 0 bridgehead atoms. The van der Waals surface area contributed by atoms with E-state index in [4.69, 9.17) is 5.73 Å². The molecule has 0 atom stereocenters. The molecule has 0 aromatic carbocycles. The van der Waals surface area contributed by atoms with Gasteiger partial charge in [0.1, 0.15) is 0 Å². The number of nitrogens with two attached hydrogens (primary N) is 1. The number of aromatic nitrogens is 1. The third-order valence-corrected chi connectivity index (χ3v) is 1.06. The Morgan fingerprint density at radius 1 is 1.38 bits per heavy atom. The van der Waals surface area contributed by atoms with E-state index in [1.807, 2.05) is 18.2 Å². The second-order valence-electron chi connectivity index (χ2n) is 1.98. The molecule has 0 radical (unpaired) electrons. The Kier molecular flexibility index (Phi) is 12.1. The van der Waals surface area contributed by atoms with Crippen molar-refractivity contribution in [1.29, 1.82) is 0 Å². The fourth-order valence-electron chi connectivity index (χ4n) is 0.497. The van der Waals surface area contributed by atoms with Gasteiger partial charge in [-0.3, -0.25) is 4.98 Å². The quantitative estimate of drug-likeness (QED) is 0.741. The lowest BCUT2D eigenvalue weighted by atomic mass is 10.4. The molecule has 0 fully saturated rings. The number of hydrogen-bond acceptors (Lipinski definition) is 2. The van der Waals surface area contributed by atoms with Gasteiger partial charge in [-0.2, -0.15) is 0 Å². The van der Waals surface area contributed by atoms with Gasteiger partial charge in [0, 0.05) is 12.7 Å². The number of hydrogen-bond donors (Lipinski definition) is 1. The Hall–Kier alpha value is -1.12. The van der Waals surface area contributed by atoms with E-state index in [1.165, 1.54) is 0 Å². The molecule has 13 heavy (non-hydrogen) atoms. The first-order valence-corrected chi connectivity index (χ1v) is 3.69. The van der Waals surface area contributed by atoms with Gasteiger partial charge in [-0.05, 0) is 18.2 Å². The van der Waals surface area contributed by atoms with Gasteiger partial charge in [0.05, 0.1) is 5.69 Å². The van der Waals surface area contributed by atoms with Crippen LogP contribution in [0.25, 0.3) is 6.08 Å². The molecule has 0 saturated carbocycles. The highest BCUT2D eigenvalue weighted by Crippen LogP contribution is 1.91. The van der Waals surface area contributed by atoms with Crippen LogP contribution in [0.4, 0.5) is 0 Å². The fourth-order valence-corrected chi connectivity index (χ4v) is 0.497. The monoisotopic (exact) mass is 198 g/mol. The Bertz CT molecular complexity index is 222. The molecular formula is C10H15ClN2. The third kappa shape index (κ3) is 8.79. The average molecular weight is 199 g/mol. The topological polar surface area (TPSA) is 38.9 Å². The highest BCUT2D eigenvalue weighted by atomic mass is 35.5. The summed E-state index contributed by atoms with van der Waals surface area (Å²) in [6.07, 6.45) is 5.12. The molecular weight excluding hydrogens is 184 g/mol. The van der Waals surface area contributed by atoms with E-state index < -0.39 is 0 Å². The number of rotatable bonds is 2. The lowest BCUT2D eigenvalue weighted by Crippen LogP contribution is -1.90. The highest BCUT2D eigenvalue weighted by molar-refractivity contribution is 5.85. The largest absolute Gasteiger partial charge is 0.327 e. The minimum Gasteiger partial charge on any atom is -0.327 e. The van der Waals surface area contributed by atoms with E-state index in [0.29, 0.717) is 6.54 Å². The SMILES string of the molecule is C=CCN.C=Cc1ccccn1.Cl. The molecule has 0 aliphatic carbocycles. The Balaban J connectivity index is 0. The second-order valence-corrected chi connectivity index (χ2v) is 1.98. The van der Waals surface area contributed by atoms with Crippen LogP contribution in [-0.4, -0.2) is 11.5 Å². The van der Waals surface area contributed by atoms with Gasteiger partial charge in [0.15, 0.2) is 0 Å². The first-order chi connectivity index (χ1) is 5.85. The number of halogens is 1. The predicted molar refractivity (Wildman–Crippen MR) is 60.8 cm³/mol. The van der Waals surface area contributed by atoms with Gasteiger partial charge < -0.3 is 5.73 Å². The average Bonchev–Trinajstić information content (AvgIpc) is 2.19. The molecule has 2 N–H and O–H groups in total. The summed E-state index contributed by atoms with van der Waals surface area (Å²) >= 11 is 0. The molecule has 0 unspecified atom stereocenters. The molecule has 3 heteroatoms. The van der Waals surface area contributed by atoms with Gasteiger partial charge in [0.2, 0.25) is 0 Å². The molecule has 0 amide bonds. The summed E-state index contributed by atoms with van der Waals surface area (Å²) < 4.78 is 0. The normalized spacial score (nSPS) is 7.15. The van der Waals surface area contributed by atoms with Crippen molar-refractivity contribution in [1.82, 2.24) is 4.98 Å². The molecule has 0 aliphatic rings. The van der Waals surface area contributed by atoms with Gasteiger partial charge in [-0.25, -0.2) is 0 Å². The van der Waals surface area contributed by atoms with Crippen molar-refractivity contribution < 1.29 is 0 Å². The third-order valence-electron chi connectivity index (χ3n) is 1.06. The maximum atomic E-state index is 4.91. The predicted octanol–water partition coefficient (Wildman–Crippen LogP) is 2.28. The van der Waals surface area contributed by atoms with Crippen molar-refractivity contribution in [3.63, 3.8) is 0 Å². The Morgan fingerprint density at radius 2 is 2.00 bits per heavy atom. The standard InChI is InChI=1S/C7H7N.C3H7N.ClH/c1-2-7-5-3-4-6-8-7;1-2-3-4;/h2-6H,1H2;2H,1,3-4H2;1H. The molecule has 0 spiro atoms. The zero-order valence-corrected chi connectivity index (χ0v) is 8.33. The summed E-state index contributed by atoms with van der Waals surface area (Å²) in [5.41, 5.74) is 5.83. The van der Waals surface area contributed by atoms with E-state index in [0.717, 1.165) is 5.69 Å². The zero-order valence-electron chi connectivity index (χ0n) is 7.52. The van der Waals surface area contributed by atoms with Crippen LogP contribution in [0.15, 0.2) is 43.6 Å². The summed E-state index contributed by atoms with van der Waals surface area (Å²) in [7, 11) is 0. The zero-order chi connectivity index (χ0) is 9.23. The smallest absolute Gasteiger partial charge is 0.0623 e. The number of pyridine rings is 1. The van der Waals surface area contributed by atoms with E-state index in [-0.39, 0.29) is 12.4 Å². The lowest BCUT2D eigenvalue weighted by molar-refractivity contribution is 1.26.